The summed E-state index contributed by atoms with van der Waals surface area (Å²) in [4.78, 5) is 13.4. The second-order valence-electron chi connectivity index (χ2n) is 5.28. The van der Waals surface area contributed by atoms with Crippen LogP contribution in [0.5, 0.6) is 0 Å². The van der Waals surface area contributed by atoms with Gasteiger partial charge in [0.15, 0.2) is 5.65 Å². The van der Waals surface area contributed by atoms with E-state index in [2.05, 4.69) is 25.4 Å². The molecule has 0 fully saturated rings. The molecule has 0 aromatic carbocycles. The summed E-state index contributed by atoms with van der Waals surface area (Å²) in [5.41, 5.74) is 4.39. The first kappa shape index (κ1) is 12.3. The van der Waals surface area contributed by atoms with Crippen molar-refractivity contribution in [2.45, 2.75) is 32.2 Å². The lowest BCUT2D eigenvalue weighted by atomic mass is 9.98. The van der Waals surface area contributed by atoms with Crippen LogP contribution in [0.2, 0.25) is 0 Å². The predicted molar refractivity (Wildman–Crippen MR) is 79.0 cm³/mol. The van der Waals surface area contributed by atoms with Crippen LogP contribution < -0.4 is 5.32 Å². The highest BCUT2D eigenvalue weighted by molar-refractivity contribution is 5.47. The van der Waals surface area contributed by atoms with Crippen LogP contribution in [0.1, 0.15) is 29.7 Å². The van der Waals surface area contributed by atoms with E-state index in [4.69, 9.17) is 0 Å². The Morgan fingerprint density at radius 3 is 3.10 bits per heavy atom. The summed E-state index contributed by atoms with van der Waals surface area (Å²) in [6.07, 6.45) is 12.1. The molecule has 6 heteroatoms. The Kier molecular flexibility index (Phi) is 2.99. The van der Waals surface area contributed by atoms with Gasteiger partial charge in [-0.05, 0) is 37.3 Å². The zero-order valence-electron chi connectivity index (χ0n) is 11.7. The summed E-state index contributed by atoms with van der Waals surface area (Å²) in [6.45, 7) is 0.624. The van der Waals surface area contributed by atoms with Crippen LogP contribution in [0.25, 0.3) is 5.65 Å². The molecule has 0 bridgehead atoms. The van der Waals surface area contributed by atoms with E-state index in [1.165, 1.54) is 24.1 Å². The van der Waals surface area contributed by atoms with Gasteiger partial charge in [-0.15, -0.1) is 0 Å². The molecule has 1 N–H and O–H groups in total. The van der Waals surface area contributed by atoms with Gasteiger partial charge in [0.05, 0.1) is 6.20 Å². The average Bonchev–Trinajstić information content (AvgIpc) is 2.96. The van der Waals surface area contributed by atoms with E-state index in [1.807, 2.05) is 24.7 Å². The molecule has 0 unspecified atom stereocenters. The molecule has 0 atom stereocenters. The van der Waals surface area contributed by atoms with Gasteiger partial charge in [-0.3, -0.25) is 0 Å². The van der Waals surface area contributed by atoms with Crippen molar-refractivity contribution in [1.82, 2.24) is 24.6 Å². The number of anilines is 1. The maximum Gasteiger partial charge on any atom is 0.223 e. The fourth-order valence-corrected chi connectivity index (χ4v) is 2.74. The number of rotatable bonds is 3. The third kappa shape index (κ3) is 2.33. The Labute approximate surface area is 122 Å². The van der Waals surface area contributed by atoms with Crippen LogP contribution in [0.4, 0.5) is 5.95 Å². The molecule has 21 heavy (non-hydrogen) atoms. The monoisotopic (exact) mass is 280 g/mol. The van der Waals surface area contributed by atoms with Crippen LogP contribution >= 0.6 is 0 Å². The summed E-state index contributed by atoms with van der Waals surface area (Å²) >= 11 is 0. The molecule has 3 aromatic heterocycles. The van der Waals surface area contributed by atoms with Crippen LogP contribution in [-0.2, 0) is 19.4 Å². The van der Waals surface area contributed by atoms with Gasteiger partial charge < -0.3 is 5.32 Å². The highest BCUT2D eigenvalue weighted by atomic mass is 15.2. The van der Waals surface area contributed by atoms with E-state index in [0.717, 1.165) is 24.1 Å². The topological polar surface area (TPSA) is 68.0 Å². The molecule has 6 nitrogen and oxygen atoms in total. The summed E-state index contributed by atoms with van der Waals surface area (Å²) < 4.78 is 1.77. The van der Waals surface area contributed by atoms with E-state index in [9.17, 15) is 0 Å². The maximum atomic E-state index is 4.62. The summed E-state index contributed by atoms with van der Waals surface area (Å²) in [7, 11) is 0. The van der Waals surface area contributed by atoms with Crippen molar-refractivity contribution in [2.75, 3.05) is 5.32 Å². The maximum absolute atomic E-state index is 4.62. The lowest BCUT2D eigenvalue weighted by Crippen LogP contribution is -2.10. The second-order valence-corrected chi connectivity index (χ2v) is 5.28. The quantitative estimate of drug-likeness (QED) is 0.795. The molecule has 0 aliphatic heterocycles. The number of hydrogen-bond donors (Lipinski definition) is 1. The Morgan fingerprint density at radius 1 is 1.14 bits per heavy atom. The standard InChI is InChI=1S/C15H16N6/c1-2-5-13-11(4-1)8-17-15(20-13)18-9-12-10-19-21-7-3-6-16-14(12)21/h3,6-8,10H,1-2,4-5,9H2,(H,17,18,20). The molecule has 106 valence electrons. The van der Waals surface area contributed by atoms with Crippen molar-refractivity contribution in [3.8, 4) is 0 Å². The molecule has 0 amide bonds. The van der Waals surface area contributed by atoms with Gasteiger partial charge >= 0.3 is 0 Å². The first-order chi connectivity index (χ1) is 10.4. The van der Waals surface area contributed by atoms with Crippen LogP contribution in [0.3, 0.4) is 0 Å². The highest BCUT2D eigenvalue weighted by Gasteiger charge is 2.12. The summed E-state index contributed by atoms with van der Waals surface area (Å²) in [6, 6.07) is 1.86. The van der Waals surface area contributed by atoms with Crippen LogP contribution in [0, 0.1) is 0 Å². The molecular formula is C15H16N6. The van der Waals surface area contributed by atoms with Crippen molar-refractivity contribution >= 4 is 11.6 Å². The highest BCUT2D eigenvalue weighted by Crippen LogP contribution is 2.19. The first-order valence-corrected chi connectivity index (χ1v) is 7.26. The zero-order chi connectivity index (χ0) is 14.1. The zero-order valence-corrected chi connectivity index (χ0v) is 11.7. The SMILES string of the molecule is c1cnc2c(CNc3ncc4c(n3)CCCC4)cnn2c1. The number of nitrogens with one attached hydrogen (secondary N) is 1. The minimum Gasteiger partial charge on any atom is -0.350 e. The smallest absolute Gasteiger partial charge is 0.223 e. The number of fused-ring (bicyclic) bond motifs is 2. The van der Waals surface area contributed by atoms with Gasteiger partial charge in [-0.1, -0.05) is 0 Å². The molecule has 3 aromatic rings. The summed E-state index contributed by atoms with van der Waals surface area (Å²) in [5, 5.41) is 7.55. The third-order valence-electron chi connectivity index (χ3n) is 3.85. The molecule has 3 heterocycles. The molecule has 0 spiro atoms. The van der Waals surface area contributed by atoms with E-state index in [0.29, 0.717) is 12.5 Å². The molecular weight excluding hydrogens is 264 g/mol. The van der Waals surface area contributed by atoms with Gasteiger partial charge in [-0.25, -0.2) is 19.5 Å². The minimum absolute atomic E-state index is 0.624. The van der Waals surface area contributed by atoms with Gasteiger partial charge in [-0.2, -0.15) is 5.10 Å². The van der Waals surface area contributed by atoms with Gasteiger partial charge in [0, 0.05) is 36.4 Å². The number of aryl methyl sites for hydroxylation is 2. The van der Waals surface area contributed by atoms with Gasteiger partial charge in [0.25, 0.3) is 0 Å². The van der Waals surface area contributed by atoms with Gasteiger partial charge in [0.2, 0.25) is 5.95 Å². The van der Waals surface area contributed by atoms with Crippen molar-refractivity contribution < 1.29 is 0 Å². The Morgan fingerprint density at radius 2 is 2.10 bits per heavy atom. The minimum atomic E-state index is 0.624. The summed E-state index contributed by atoms with van der Waals surface area (Å²) in [5.74, 6) is 0.686. The lowest BCUT2D eigenvalue weighted by molar-refractivity contribution is 0.663. The molecule has 1 aliphatic rings. The number of nitrogens with zero attached hydrogens (tertiary/aromatic N) is 5. The number of aromatic nitrogens is 5. The van der Waals surface area contributed by atoms with Crippen molar-refractivity contribution in [3.63, 3.8) is 0 Å². The molecule has 0 saturated carbocycles. The van der Waals surface area contributed by atoms with Crippen molar-refractivity contribution in [3.05, 3.63) is 47.7 Å². The third-order valence-corrected chi connectivity index (χ3v) is 3.85. The molecule has 0 saturated heterocycles. The normalized spacial score (nSPS) is 14.1. The van der Waals surface area contributed by atoms with E-state index >= 15 is 0 Å². The Bertz CT molecular complexity index is 779. The van der Waals surface area contributed by atoms with Crippen molar-refractivity contribution in [1.29, 1.82) is 0 Å². The Balaban J connectivity index is 1.54. The molecule has 4 rings (SSSR count). The predicted octanol–water partition coefficient (Wildman–Crippen LogP) is 2.01. The van der Waals surface area contributed by atoms with Crippen LogP contribution in [-0.4, -0.2) is 24.6 Å². The molecule has 0 radical (unpaired) electrons. The second kappa shape index (κ2) is 5.12. The lowest BCUT2D eigenvalue weighted by Gasteiger charge is -2.14. The fraction of sp³-hybridized carbons (Fsp3) is 0.333. The van der Waals surface area contributed by atoms with Crippen molar-refractivity contribution in [2.24, 2.45) is 0 Å². The van der Waals surface area contributed by atoms with E-state index < -0.39 is 0 Å². The number of hydrogen-bond acceptors (Lipinski definition) is 5. The van der Waals surface area contributed by atoms with Gasteiger partial charge in [0.1, 0.15) is 0 Å². The van der Waals surface area contributed by atoms with Crippen LogP contribution in [0.15, 0.2) is 30.9 Å². The Hall–Kier alpha value is -2.50. The molecule has 1 aliphatic carbocycles. The first-order valence-electron chi connectivity index (χ1n) is 7.26. The largest absolute Gasteiger partial charge is 0.350 e. The average molecular weight is 280 g/mol. The van der Waals surface area contributed by atoms with E-state index in [1.54, 1.807) is 10.7 Å². The fourth-order valence-electron chi connectivity index (χ4n) is 2.74. The van der Waals surface area contributed by atoms with E-state index in [-0.39, 0.29) is 0 Å².